The van der Waals surface area contributed by atoms with Crippen LogP contribution in [-0.4, -0.2) is 24.4 Å². The highest BCUT2D eigenvalue weighted by molar-refractivity contribution is 8.13. The van der Waals surface area contributed by atoms with Crippen molar-refractivity contribution in [3.8, 4) is 0 Å². The summed E-state index contributed by atoms with van der Waals surface area (Å²) >= 11 is 0. The Labute approximate surface area is 130 Å². The van der Waals surface area contributed by atoms with E-state index in [1.165, 1.54) is 12.3 Å². The molecule has 5 nitrogen and oxygen atoms in total. The molecule has 0 bridgehead atoms. The van der Waals surface area contributed by atoms with Crippen molar-refractivity contribution in [3.63, 3.8) is 0 Å². The minimum Gasteiger partial charge on any atom is -0.346 e. The van der Waals surface area contributed by atoms with Crippen LogP contribution >= 0.6 is 10.7 Å². The summed E-state index contributed by atoms with van der Waals surface area (Å²) in [4.78, 5) is 12.5. The molecule has 0 aromatic carbocycles. The maximum atomic E-state index is 12.5. The van der Waals surface area contributed by atoms with Gasteiger partial charge in [0.1, 0.15) is 10.6 Å². The van der Waals surface area contributed by atoms with Gasteiger partial charge in [0.2, 0.25) is 0 Å². The van der Waals surface area contributed by atoms with Gasteiger partial charge in [-0.3, -0.25) is 4.79 Å². The summed E-state index contributed by atoms with van der Waals surface area (Å²) in [5.74, 6) is -0.250. The Morgan fingerprint density at radius 3 is 2.43 bits per heavy atom. The topological polar surface area (TPSA) is 68.2 Å². The molecule has 1 saturated carbocycles. The molecule has 0 aliphatic heterocycles. The molecule has 21 heavy (non-hydrogen) atoms. The van der Waals surface area contributed by atoms with Crippen molar-refractivity contribution in [2.24, 2.45) is 0 Å². The molecular weight excluding hydrogens is 312 g/mol. The summed E-state index contributed by atoms with van der Waals surface area (Å²) < 4.78 is 24.7. The molecule has 0 saturated heterocycles. The minimum absolute atomic E-state index is 0.0177. The second kappa shape index (κ2) is 5.65. The molecule has 1 aliphatic carbocycles. The van der Waals surface area contributed by atoms with E-state index in [1.807, 2.05) is 20.8 Å². The van der Waals surface area contributed by atoms with Crippen molar-refractivity contribution in [1.82, 2.24) is 9.88 Å². The number of rotatable bonds is 6. The highest BCUT2D eigenvalue weighted by atomic mass is 35.7. The van der Waals surface area contributed by atoms with E-state index in [0.717, 1.165) is 25.7 Å². The first-order valence-corrected chi connectivity index (χ1v) is 9.50. The zero-order chi connectivity index (χ0) is 15.8. The molecule has 1 aromatic rings. The van der Waals surface area contributed by atoms with Gasteiger partial charge in [-0.15, -0.1) is 0 Å². The summed E-state index contributed by atoms with van der Waals surface area (Å²) in [6, 6.07) is 1.56. The third kappa shape index (κ3) is 3.61. The van der Waals surface area contributed by atoms with Gasteiger partial charge in [0.15, 0.2) is 0 Å². The average molecular weight is 333 g/mol. The van der Waals surface area contributed by atoms with Crippen molar-refractivity contribution in [3.05, 3.63) is 18.0 Å². The van der Waals surface area contributed by atoms with Gasteiger partial charge in [0.25, 0.3) is 15.0 Å². The highest BCUT2D eigenvalue weighted by Gasteiger charge is 2.32. The van der Waals surface area contributed by atoms with Gasteiger partial charge in [0.05, 0.1) is 0 Å². The van der Waals surface area contributed by atoms with E-state index in [4.69, 9.17) is 10.7 Å². The lowest BCUT2D eigenvalue weighted by Gasteiger charge is -2.28. The molecule has 118 valence electrons. The second-order valence-corrected chi connectivity index (χ2v) is 8.43. The van der Waals surface area contributed by atoms with Gasteiger partial charge in [-0.1, -0.05) is 13.8 Å². The number of halogens is 1. The Morgan fingerprint density at radius 2 is 2.00 bits per heavy atom. The second-order valence-electron chi connectivity index (χ2n) is 5.86. The normalized spacial score (nSPS) is 16.0. The Balaban J connectivity index is 2.34. The number of aromatic nitrogens is 1. The van der Waals surface area contributed by atoms with Crippen molar-refractivity contribution >= 4 is 25.6 Å². The monoisotopic (exact) mass is 332 g/mol. The molecule has 1 amide bonds. The van der Waals surface area contributed by atoms with Gasteiger partial charge in [0, 0.05) is 28.5 Å². The van der Waals surface area contributed by atoms with Crippen molar-refractivity contribution in [2.45, 2.75) is 62.9 Å². The number of carbonyl (C=O) groups excluding carboxylic acids is 1. The number of hydrogen-bond acceptors (Lipinski definition) is 3. The van der Waals surface area contributed by atoms with E-state index in [1.54, 1.807) is 4.57 Å². The fourth-order valence-corrected chi connectivity index (χ4v) is 2.93. The molecule has 1 aliphatic rings. The molecular formula is C14H21ClN2O3S. The first-order valence-electron chi connectivity index (χ1n) is 7.19. The third-order valence-electron chi connectivity index (χ3n) is 4.25. The lowest BCUT2D eigenvalue weighted by atomic mass is 9.95. The zero-order valence-electron chi connectivity index (χ0n) is 12.5. The number of nitrogens with zero attached hydrogens (tertiary/aromatic N) is 1. The fourth-order valence-electron chi connectivity index (χ4n) is 2.19. The molecule has 0 spiro atoms. The zero-order valence-corrected chi connectivity index (χ0v) is 14.1. The quantitative estimate of drug-likeness (QED) is 0.814. The van der Waals surface area contributed by atoms with Crippen LogP contribution in [0.2, 0.25) is 0 Å². The molecule has 1 heterocycles. The first-order chi connectivity index (χ1) is 9.70. The third-order valence-corrected chi connectivity index (χ3v) is 5.57. The lowest BCUT2D eigenvalue weighted by Crippen LogP contribution is -2.45. The van der Waals surface area contributed by atoms with Gasteiger partial charge >= 0.3 is 0 Å². The SMILES string of the molecule is CCC(C)(CC)NC(=O)c1cc(S(=O)(=O)Cl)cn1C1CC1. The molecule has 0 atom stereocenters. The van der Waals surface area contributed by atoms with E-state index in [-0.39, 0.29) is 22.4 Å². The summed E-state index contributed by atoms with van der Waals surface area (Å²) in [5, 5.41) is 3.00. The number of nitrogens with one attached hydrogen (secondary N) is 1. The lowest BCUT2D eigenvalue weighted by molar-refractivity contribution is 0.0891. The molecule has 1 N–H and O–H groups in total. The van der Waals surface area contributed by atoms with Gasteiger partial charge in [-0.2, -0.15) is 0 Å². The molecule has 2 rings (SSSR count). The van der Waals surface area contributed by atoms with Crippen LogP contribution in [0.3, 0.4) is 0 Å². The highest BCUT2D eigenvalue weighted by Crippen LogP contribution is 2.37. The fraction of sp³-hybridized carbons (Fsp3) is 0.643. The molecule has 0 radical (unpaired) electrons. The molecule has 7 heteroatoms. The van der Waals surface area contributed by atoms with Crippen LogP contribution in [0, 0.1) is 0 Å². The summed E-state index contributed by atoms with van der Waals surface area (Å²) in [7, 11) is 1.56. The Morgan fingerprint density at radius 1 is 1.43 bits per heavy atom. The van der Waals surface area contributed by atoms with Crippen molar-refractivity contribution < 1.29 is 13.2 Å². The number of carbonyl (C=O) groups is 1. The van der Waals surface area contributed by atoms with Gasteiger partial charge < -0.3 is 9.88 Å². The van der Waals surface area contributed by atoms with E-state index in [0.29, 0.717) is 5.69 Å². The maximum Gasteiger partial charge on any atom is 0.268 e. The van der Waals surface area contributed by atoms with Crippen LogP contribution in [0.25, 0.3) is 0 Å². The molecule has 0 unspecified atom stereocenters. The predicted molar refractivity (Wildman–Crippen MR) is 82.2 cm³/mol. The van der Waals surface area contributed by atoms with E-state index in [9.17, 15) is 13.2 Å². The largest absolute Gasteiger partial charge is 0.346 e. The van der Waals surface area contributed by atoms with Crippen LogP contribution in [0.1, 0.15) is 63.0 Å². The summed E-state index contributed by atoms with van der Waals surface area (Å²) in [5.41, 5.74) is 0.0697. The van der Waals surface area contributed by atoms with Crippen molar-refractivity contribution in [2.75, 3.05) is 0 Å². The first kappa shape index (κ1) is 16.4. The molecule has 1 aromatic heterocycles. The average Bonchev–Trinajstić information content (AvgIpc) is 3.15. The smallest absolute Gasteiger partial charge is 0.268 e. The summed E-state index contributed by atoms with van der Waals surface area (Å²) in [6.45, 7) is 6.01. The number of amides is 1. The van der Waals surface area contributed by atoms with E-state index >= 15 is 0 Å². The van der Waals surface area contributed by atoms with Crippen LogP contribution in [0.4, 0.5) is 0 Å². The number of hydrogen-bond donors (Lipinski definition) is 1. The molecule has 1 fully saturated rings. The van der Waals surface area contributed by atoms with Crippen LogP contribution in [0.5, 0.6) is 0 Å². The van der Waals surface area contributed by atoms with Crippen LogP contribution in [-0.2, 0) is 9.05 Å². The van der Waals surface area contributed by atoms with Crippen LogP contribution in [0.15, 0.2) is 17.2 Å². The maximum absolute atomic E-state index is 12.5. The predicted octanol–water partition coefficient (Wildman–Crippen LogP) is 3.06. The minimum atomic E-state index is -3.83. The summed E-state index contributed by atoms with van der Waals surface area (Å²) in [6.07, 6.45) is 4.98. The van der Waals surface area contributed by atoms with E-state index < -0.39 is 9.05 Å². The Kier molecular flexibility index (Phi) is 4.40. The Hall–Kier alpha value is -1.01. The van der Waals surface area contributed by atoms with Crippen LogP contribution < -0.4 is 5.32 Å². The van der Waals surface area contributed by atoms with Gasteiger partial charge in [-0.05, 0) is 38.7 Å². The van der Waals surface area contributed by atoms with Gasteiger partial charge in [-0.25, -0.2) is 8.42 Å². The van der Waals surface area contributed by atoms with E-state index in [2.05, 4.69) is 5.32 Å². The van der Waals surface area contributed by atoms with Crippen molar-refractivity contribution in [1.29, 1.82) is 0 Å². The Bertz CT molecular complexity index is 643. The standard InChI is InChI=1S/C14H21ClN2O3S/c1-4-14(3,5-2)16-13(18)12-8-11(21(15,19)20)9-17(12)10-6-7-10/h8-10H,4-7H2,1-3H3,(H,16,18).